The summed E-state index contributed by atoms with van der Waals surface area (Å²) in [6.45, 7) is 7.27. The SMILES string of the molecule is CCC(C)N1CC(C)(CCN)OC1=O. The third-order valence-corrected chi connectivity index (χ3v) is 2.87. The number of nitrogens with two attached hydrogens (primary N) is 1. The van der Waals surface area contributed by atoms with Gasteiger partial charge in [-0.05, 0) is 26.8 Å². The fourth-order valence-corrected chi connectivity index (χ4v) is 1.72. The van der Waals surface area contributed by atoms with Gasteiger partial charge in [-0.2, -0.15) is 0 Å². The summed E-state index contributed by atoms with van der Waals surface area (Å²) in [5.74, 6) is 0. The number of cyclic esters (lactones) is 1. The molecule has 1 aliphatic rings. The van der Waals surface area contributed by atoms with Gasteiger partial charge in [-0.1, -0.05) is 6.92 Å². The van der Waals surface area contributed by atoms with Gasteiger partial charge in [-0.15, -0.1) is 0 Å². The predicted molar refractivity (Wildman–Crippen MR) is 55.0 cm³/mol. The lowest BCUT2D eigenvalue weighted by atomic mass is 10.0. The molecule has 0 aromatic rings. The van der Waals surface area contributed by atoms with E-state index in [2.05, 4.69) is 6.92 Å². The average molecular weight is 200 g/mol. The van der Waals surface area contributed by atoms with Crippen molar-refractivity contribution in [3.63, 3.8) is 0 Å². The van der Waals surface area contributed by atoms with Crippen LogP contribution in [0, 0.1) is 0 Å². The molecule has 0 aliphatic carbocycles. The molecule has 0 radical (unpaired) electrons. The number of carbonyl (C=O) groups excluding carboxylic acids is 1. The molecule has 0 aromatic heterocycles. The van der Waals surface area contributed by atoms with Crippen molar-refractivity contribution in [2.45, 2.75) is 45.3 Å². The summed E-state index contributed by atoms with van der Waals surface area (Å²) < 4.78 is 5.33. The molecule has 1 saturated heterocycles. The van der Waals surface area contributed by atoms with E-state index >= 15 is 0 Å². The lowest BCUT2D eigenvalue weighted by Crippen LogP contribution is -2.37. The average Bonchev–Trinajstić information content (AvgIpc) is 2.41. The van der Waals surface area contributed by atoms with Crippen molar-refractivity contribution in [2.75, 3.05) is 13.1 Å². The van der Waals surface area contributed by atoms with E-state index in [9.17, 15) is 4.79 Å². The largest absolute Gasteiger partial charge is 0.441 e. The molecule has 0 aromatic carbocycles. The van der Waals surface area contributed by atoms with Gasteiger partial charge in [-0.25, -0.2) is 4.79 Å². The third-order valence-electron chi connectivity index (χ3n) is 2.87. The second-order valence-corrected chi connectivity index (χ2v) is 4.24. The highest BCUT2D eigenvalue weighted by molar-refractivity contribution is 5.71. The Morgan fingerprint density at radius 2 is 2.36 bits per heavy atom. The van der Waals surface area contributed by atoms with Gasteiger partial charge in [0.25, 0.3) is 0 Å². The molecule has 1 fully saturated rings. The van der Waals surface area contributed by atoms with Gasteiger partial charge < -0.3 is 15.4 Å². The summed E-state index contributed by atoms with van der Waals surface area (Å²) in [6.07, 6.45) is 1.48. The highest BCUT2D eigenvalue weighted by atomic mass is 16.6. The van der Waals surface area contributed by atoms with Crippen molar-refractivity contribution in [3.8, 4) is 0 Å². The van der Waals surface area contributed by atoms with Gasteiger partial charge in [-0.3, -0.25) is 0 Å². The zero-order valence-corrected chi connectivity index (χ0v) is 9.25. The normalized spacial score (nSPS) is 29.1. The molecule has 2 unspecified atom stereocenters. The van der Waals surface area contributed by atoms with Crippen molar-refractivity contribution in [1.29, 1.82) is 0 Å². The Balaban J connectivity index is 2.63. The van der Waals surface area contributed by atoms with E-state index in [4.69, 9.17) is 10.5 Å². The predicted octanol–water partition coefficient (Wildman–Crippen LogP) is 1.34. The standard InChI is InChI=1S/C10H20N2O2/c1-4-8(2)12-7-10(3,5-6-11)14-9(12)13/h8H,4-7,11H2,1-3H3. The summed E-state index contributed by atoms with van der Waals surface area (Å²) in [6, 6.07) is 0.252. The molecule has 1 aliphatic heterocycles. The number of nitrogens with zero attached hydrogens (tertiary/aromatic N) is 1. The second-order valence-electron chi connectivity index (χ2n) is 4.24. The first-order chi connectivity index (χ1) is 6.52. The fourth-order valence-electron chi connectivity index (χ4n) is 1.72. The number of amides is 1. The van der Waals surface area contributed by atoms with Crippen LogP contribution in [0.25, 0.3) is 0 Å². The number of carbonyl (C=O) groups is 1. The van der Waals surface area contributed by atoms with Crippen molar-refractivity contribution >= 4 is 6.09 Å². The number of rotatable bonds is 4. The van der Waals surface area contributed by atoms with Gasteiger partial charge in [0.2, 0.25) is 0 Å². The highest BCUT2D eigenvalue weighted by Crippen LogP contribution is 2.27. The van der Waals surface area contributed by atoms with Crippen LogP contribution in [0.5, 0.6) is 0 Å². The summed E-state index contributed by atoms with van der Waals surface area (Å²) in [5, 5.41) is 0. The minimum Gasteiger partial charge on any atom is -0.441 e. The van der Waals surface area contributed by atoms with Crippen LogP contribution in [0.1, 0.15) is 33.6 Å². The van der Waals surface area contributed by atoms with Crippen molar-refractivity contribution < 1.29 is 9.53 Å². The minimum absolute atomic E-state index is 0.199. The first kappa shape index (κ1) is 11.3. The number of hydrogen-bond acceptors (Lipinski definition) is 3. The molecule has 1 rings (SSSR count). The Morgan fingerprint density at radius 1 is 1.71 bits per heavy atom. The van der Waals surface area contributed by atoms with Crippen LogP contribution in [-0.2, 0) is 4.74 Å². The quantitative estimate of drug-likeness (QED) is 0.745. The molecule has 0 spiro atoms. The number of ether oxygens (including phenoxy) is 1. The van der Waals surface area contributed by atoms with Gasteiger partial charge in [0.1, 0.15) is 5.60 Å². The molecule has 2 atom stereocenters. The van der Waals surface area contributed by atoms with Crippen LogP contribution in [0.3, 0.4) is 0 Å². The third kappa shape index (κ3) is 2.18. The van der Waals surface area contributed by atoms with Crippen LogP contribution in [0.2, 0.25) is 0 Å². The molecule has 4 heteroatoms. The lowest BCUT2D eigenvalue weighted by molar-refractivity contribution is 0.0668. The summed E-state index contributed by atoms with van der Waals surface area (Å²) >= 11 is 0. The van der Waals surface area contributed by atoms with Crippen LogP contribution in [-0.4, -0.2) is 35.7 Å². The minimum atomic E-state index is -0.380. The van der Waals surface area contributed by atoms with E-state index in [1.165, 1.54) is 0 Å². The maximum atomic E-state index is 11.5. The van der Waals surface area contributed by atoms with E-state index in [0.717, 1.165) is 12.8 Å². The zero-order chi connectivity index (χ0) is 10.8. The molecule has 14 heavy (non-hydrogen) atoms. The Kier molecular flexibility index (Phi) is 3.37. The van der Waals surface area contributed by atoms with E-state index in [0.29, 0.717) is 13.1 Å². The van der Waals surface area contributed by atoms with Gasteiger partial charge in [0.05, 0.1) is 6.54 Å². The van der Waals surface area contributed by atoms with E-state index < -0.39 is 0 Å². The first-order valence-corrected chi connectivity index (χ1v) is 5.22. The van der Waals surface area contributed by atoms with Gasteiger partial charge >= 0.3 is 6.09 Å². The number of hydrogen-bond donors (Lipinski definition) is 1. The van der Waals surface area contributed by atoms with Crippen LogP contribution in [0.15, 0.2) is 0 Å². The first-order valence-electron chi connectivity index (χ1n) is 5.22. The summed E-state index contributed by atoms with van der Waals surface area (Å²) in [5.41, 5.74) is 5.10. The molecule has 4 nitrogen and oxygen atoms in total. The Hall–Kier alpha value is -0.770. The molecule has 1 amide bonds. The molecule has 2 N–H and O–H groups in total. The maximum absolute atomic E-state index is 11.5. The Morgan fingerprint density at radius 3 is 2.86 bits per heavy atom. The fraction of sp³-hybridized carbons (Fsp3) is 0.900. The lowest BCUT2D eigenvalue weighted by Gasteiger charge is -2.23. The smallest absolute Gasteiger partial charge is 0.410 e. The van der Waals surface area contributed by atoms with Crippen molar-refractivity contribution in [1.82, 2.24) is 4.90 Å². The van der Waals surface area contributed by atoms with Crippen LogP contribution in [0.4, 0.5) is 4.79 Å². The second kappa shape index (κ2) is 4.17. The highest BCUT2D eigenvalue weighted by Gasteiger charge is 2.42. The van der Waals surface area contributed by atoms with E-state index in [1.54, 1.807) is 4.90 Å². The zero-order valence-electron chi connectivity index (χ0n) is 9.25. The molecular weight excluding hydrogens is 180 g/mol. The van der Waals surface area contributed by atoms with Crippen LogP contribution < -0.4 is 5.73 Å². The van der Waals surface area contributed by atoms with E-state index in [1.807, 2.05) is 13.8 Å². The Bertz CT molecular complexity index is 220. The topological polar surface area (TPSA) is 55.6 Å². The summed E-state index contributed by atoms with van der Waals surface area (Å²) in [4.78, 5) is 13.3. The van der Waals surface area contributed by atoms with Gasteiger partial charge in [0, 0.05) is 12.5 Å². The molecule has 0 bridgehead atoms. The molecular formula is C10H20N2O2. The summed E-state index contributed by atoms with van der Waals surface area (Å²) in [7, 11) is 0. The van der Waals surface area contributed by atoms with Crippen molar-refractivity contribution in [2.24, 2.45) is 5.73 Å². The molecule has 1 heterocycles. The monoisotopic (exact) mass is 200 g/mol. The van der Waals surface area contributed by atoms with Gasteiger partial charge in [0.15, 0.2) is 0 Å². The van der Waals surface area contributed by atoms with Crippen LogP contribution >= 0.6 is 0 Å². The maximum Gasteiger partial charge on any atom is 0.410 e. The van der Waals surface area contributed by atoms with E-state index in [-0.39, 0.29) is 17.7 Å². The van der Waals surface area contributed by atoms with Crippen molar-refractivity contribution in [3.05, 3.63) is 0 Å². The molecule has 0 saturated carbocycles. The molecule has 82 valence electrons. The Labute approximate surface area is 85.4 Å².